The average Bonchev–Trinajstić information content (AvgIpc) is 2.87. The lowest BCUT2D eigenvalue weighted by Crippen LogP contribution is -2.40. The highest BCUT2D eigenvalue weighted by Crippen LogP contribution is 2.22. The molecule has 0 aromatic heterocycles. The van der Waals surface area contributed by atoms with E-state index in [1.165, 1.54) is 11.1 Å². The van der Waals surface area contributed by atoms with Crippen molar-refractivity contribution in [3.63, 3.8) is 0 Å². The zero-order valence-electron chi connectivity index (χ0n) is 12.3. The van der Waals surface area contributed by atoms with Gasteiger partial charge in [-0.05, 0) is 30.5 Å². The van der Waals surface area contributed by atoms with E-state index in [1.54, 1.807) is 6.92 Å². The Balaban J connectivity index is 1.69. The molecule has 114 valence electrons. The monoisotopic (exact) mass is 290 g/mol. The van der Waals surface area contributed by atoms with Gasteiger partial charge in [0.25, 0.3) is 0 Å². The second kappa shape index (κ2) is 7.22. The molecule has 0 spiro atoms. The van der Waals surface area contributed by atoms with E-state index in [2.05, 4.69) is 22.3 Å². The van der Waals surface area contributed by atoms with Gasteiger partial charge >= 0.3 is 5.97 Å². The first-order valence-corrected chi connectivity index (χ1v) is 7.41. The quantitative estimate of drug-likeness (QED) is 0.803. The highest BCUT2D eigenvalue weighted by atomic mass is 16.4. The zero-order valence-corrected chi connectivity index (χ0v) is 12.3. The number of hydrogen-bond acceptors (Lipinski definition) is 3. The van der Waals surface area contributed by atoms with Crippen molar-refractivity contribution in [3.8, 4) is 0 Å². The molecule has 2 rings (SSSR count). The molecule has 0 saturated carbocycles. The lowest BCUT2D eigenvalue weighted by molar-refractivity contribution is -0.141. The van der Waals surface area contributed by atoms with Crippen LogP contribution < -0.4 is 5.32 Å². The minimum absolute atomic E-state index is 0.180. The van der Waals surface area contributed by atoms with Crippen LogP contribution >= 0.6 is 0 Å². The van der Waals surface area contributed by atoms with Gasteiger partial charge in [0.15, 0.2) is 0 Å². The molecular formula is C16H22N2O3. The van der Waals surface area contributed by atoms with Crippen molar-refractivity contribution in [2.24, 2.45) is 0 Å². The van der Waals surface area contributed by atoms with Crippen LogP contribution in [0.1, 0.15) is 37.3 Å². The maximum Gasteiger partial charge on any atom is 0.326 e. The number of aliphatic carboxylic acids is 1. The minimum Gasteiger partial charge on any atom is -0.480 e. The number of carboxylic acid groups (broad SMARTS) is 1. The Morgan fingerprint density at radius 3 is 2.43 bits per heavy atom. The third-order valence-corrected chi connectivity index (χ3v) is 3.83. The van der Waals surface area contributed by atoms with Gasteiger partial charge in [-0.3, -0.25) is 9.69 Å². The van der Waals surface area contributed by atoms with Crippen molar-refractivity contribution >= 4 is 11.9 Å². The fourth-order valence-electron chi connectivity index (χ4n) is 2.63. The van der Waals surface area contributed by atoms with E-state index in [1.807, 2.05) is 12.1 Å². The molecule has 5 nitrogen and oxygen atoms in total. The van der Waals surface area contributed by atoms with Gasteiger partial charge in [-0.1, -0.05) is 31.2 Å². The maximum absolute atomic E-state index is 11.7. The SMILES string of the molecule is CC[C@H](NC(=O)CCCN1Cc2ccccc2C1)C(=O)O. The molecule has 21 heavy (non-hydrogen) atoms. The number of fused-ring (bicyclic) bond motifs is 1. The van der Waals surface area contributed by atoms with Crippen molar-refractivity contribution in [2.45, 2.75) is 45.3 Å². The lowest BCUT2D eigenvalue weighted by atomic mass is 10.1. The molecule has 1 atom stereocenters. The average molecular weight is 290 g/mol. The Morgan fingerprint density at radius 2 is 1.90 bits per heavy atom. The highest BCUT2D eigenvalue weighted by molar-refractivity contribution is 5.83. The van der Waals surface area contributed by atoms with Crippen LogP contribution in [-0.2, 0) is 22.7 Å². The zero-order chi connectivity index (χ0) is 15.2. The van der Waals surface area contributed by atoms with E-state index < -0.39 is 12.0 Å². The van der Waals surface area contributed by atoms with Crippen LogP contribution in [0.2, 0.25) is 0 Å². The lowest BCUT2D eigenvalue weighted by Gasteiger charge is -2.15. The van der Waals surface area contributed by atoms with Crippen LogP contribution in [0.3, 0.4) is 0 Å². The van der Waals surface area contributed by atoms with E-state index in [0.717, 1.165) is 26.1 Å². The molecule has 1 amide bonds. The van der Waals surface area contributed by atoms with Gasteiger partial charge in [0.05, 0.1) is 0 Å². The fraction of sp³-hybridized carbons (Fsp3) is 0.500. The summed E-state index contributed by atoms with van der Waals surface area (Å²) in [5.41, 5.74) is 2.72. The standard InChI is InChI=1S/C16H22N2O3/c1-2-14(16(20)21)17-15(19)8-5-9-18-10-12-6-3-4-7-13(12)11-18/h3-4,6-7,14H,2,5,8-11H2,1H3,(H,17,19)(H,20,21)/t14-/m0/s1. The normalized spacial score (nSPS) is 15.5. The van der Waals surface area contributed by atoms with Gasteiger partial charge in [0.1, 0.15) is 6.04 Å². The molecule has 0 radical (unpaired) electrons. The summed E-state index contributed by atoms with van der Waals surface area (Å²) in [6.07, 6.45) is 1.52. The molecule has 0 unspecified atom stereocenters. The summed E-state index contributed by atoms with van der Waals surface area (Å²) in [7, 11) is 0. The van der Waals surface area contributed by atoms with Crippen molar-refractivity contribution in [2.75, 3.05) is 6.54 Å². The van der Waals surface area contributed by atoms with Gasteiger partial charge < -0.3 is 10.4 Å². The minimum atomic E-state index is -0.971. The van der Waals surface area contributed by atoms with E-state index in [4.69, 9.17) is 5.11 Å². The van der Waals surface area contributed by atoms with Crippen LogP contribution in [0.5, 0.6) is 0 Å². The fourth-order valence-corrected chi connectivity index (χ4v) is 2.63. The molecule has 1 aliphatic heterocycles. The molecule has 0 fully saturated rings. The third kappa shape index (κ3) is 4.29. The number of rotatable bonds is 7. The Bertz CT molecular complexity index is 491. The molecule has 5 heteroatoms. The van der Waals surface area contributed by atoms with Crippen LogP contribution in [0.4, 0.5) is 0 Å². The molecule has 0 bridgehead atoms. The molecule has 0 aliphatic carbocycles. The van der Waals surface area contributed by atoms with E-state index >= 15 is 0 Å². The van der Waals surface area contributed by atoms with Gasteiger partial charge in [-0.2, -0.15) is 0 Å². The largest absolute Gasteiger partial charge is 0.480 e. The summed E-state index contributed by atoms with van der Waals surface area (Å²) in [5.74, 6) is -1.15. The number of carbonyl (C=O) groups is 2. The van der Waals surface area contributed by atoms with Crippen LogP contribution in [0.25, 0.3) is 0 Å². The summed E-state index contributed by atoms with van der Waals surface area (Å²) in [6, 6.07) is 7.61. The van der Waals surface area contributed by atoms with Crippen molar-refractivity contribution < 1.29 is 14.7 Å². The van der Waals surface area contributed by atoms with Crippen LogP contribution in [0.15, 0.2) is 24.3 Å². The summed E-state index contributed by atoms with van der Waals surface area (Å²) in [6.45, 7) is 4.47. The van der Waals surface area contributed by atoms with Gasteiger partial charge in [-0.15, -0.1) is 0 Å². The Labute approximate surface area is 125 Å². The highest BCUT2D eigenvalue weighted by Gasteiger charge is 2.19. The number of hydrogen-bond donors (Lipinski definition) is 2. The van der Waals surface area contributed by atoms with E-state index in [9.17, 15) is 9.59 Å². The number of nitrogens with zero attached hydrogens (tertiary/aromatic N) is 1. The van der Waals surface area contributed by atoms with Gasteiger partial charge in [-0.25, -0.2) is 4.79 Å². The van der Waals surface area contributed by atoms with E-state index in [-0.39, 0.29) is 5.91 Å². The number of benzene rings is 1. The smallest absolute Gasteiger partial charge is 0.326 e. The third-order valence-electron chi connectivity index (χ3n) is 3.83. The molecule has 1 aromatic rings. The molecule has 1 aliphatic rings. The Hall–Kier alpha value is -1.88. The predicted molar refractivity (Wildman–Crippen MR) is 79.6 cm³/mol. The van der Waals surface area contributed by atoms with Crippen LogP contribution in [0, 0.1) is 0 Å². The molecule has 2 N–H and O–H groups in total. The summed E-state index contributed by atoms with van der Waals surface area (Å²) in [5, 5.41) is 11.4. The number of nitrogens with one attached hydrogen (secondary N) is 1. The molecular weight excluding hydrogens is 268 g/mol. The first-order valence-electron chi connectivity index (χ1n) is 7.41. The maximum atomic E-state index is 11.7. The number of carboxylic acids is 1. The molecule has 1 heterocycles. The first kappa shape index (κ1) is 15.5. The topological polar surface area (TPSA) is 69.6 Å². The van der Waals surface area contributed by atoms with Crippen molar-refractivity contribution in [1.29, 1.82) is 0 Å². The Morgan fingerprint density at radius 1 is 1.29 bits per heavy atom. The second-order valence-electron chi connectivity index (χ2n) is 5.45. The van der Waals surface area contributed by atoms with Crippen molar-refractivity contribution in [1.82, 2.24) is 10.2 Å². The van der Waals surface area contributed by atoms with Crippen LogP contribution in [-0.4, -0.2) is 34.5 Å². The number of amides is 1. The first-order chi connectivity index (χ1) is 10.1. The number of carbonyl (C=O) groups excluding carboxylic acids is 1. The summed E-state index contributed by atoms with van der Waals surface area (Å²) >= 11 is 0. The predicted octanol–water partition coefficient (Wildman–Crippen LogP) is 1.76. The van der Waals surface area contributed by atoms with Crippen molar-refractivity contribution in [3.05, 3.63) is 35.4 Å². The van der Waals surface area contributed by atoms with Gasteiger partial charge in [0.2, 0.25) is 5.91 Å². The Kier molecular flexibility index (Phi) is 5.33. The second-order valence-corrected chi connectivity index (χ2v) is 5.45. The molecule has 1 aromatic carbocycles. The van der Waals surface area contributed by atoms with Gasteiger partial charge in [0, 0.05) is 19.5 Å². The van der Waals surface area contributed by atoms with E-state index in [0.29, 0.717) is 12.8 Å². The summed E-state index contributed by atoms with van der Waals surface area (Å²) < 4.78 is 0. The molecule has 0 saturated heterocycles. The summed E-state index contributed by atoms with van der Waals surface area (Å²) in [4.78, 5) is 24.9.